The molecule has 0 heterocycles. The lowest BCUT2D eigenvalue weighted by molar-refractivity contribution is 0.440. The molecule has 0 bridgehead atoms. The summed E-state index contributed by atoms with van der Waals surface area (Å²) >= 11 is 0. The molecule has 0 saturated carbocycles. The fourth-order valence-electron chi connectivity index (χ4n) is 1.25. The Hall–Kier alpha value is -1.76. The van der Waals surface area contributed by atoms with Gasteiger partial charge in [0.15, 0.2) is 0 Å². The highest BCUT2D eigenvalue weighted by Gasteiger charge is 1.98. The van der Waals surface area contributed by atoms with E-state index >= 15 is 0 Å². The van der Waals surface area contributed by atoms with Crippen LogP contribution in [0, 0.1) is 6.92 Å². The number of benzene rings is 1. The van der Waals surface area contributed by atoms with E-state index in [1.165, 1.54) is 0 Å². The highest BCUT2D eigenvalue weighted by atomic mass is 16.5. The summed E-state index contributed by atoms with van der Waals surface area (Å²) in [6, 6.07) is 8.00. The molecule has 0 N–H and O–H groups in total. The van der Waals surface area contributed by atoms with Gasteiger partial charge >= 0.3 is 0 Å². The molecule has 0 radical (unpaired) electrons. The van der Waals surface area contributed by atoms with Gasteiger partial charge in [0.25, 0.3) is 0 Å². The largest absolute Gasteiger partial charge is 0.457 e. The molecule has 1 rings (SSSR count). The quantitative estimate of drug-likeness (QED) is 0.533. The number of hydrogen-bond acceptors (Lipinski definition) is 1. The number of allylic oxidation sites excluding steroid dienone is 5. The highest BCUT2D eigenvalue weighted by Crippen LogP contribution is 2.19. The first kappa shape index (κ1) is 12.3. The molecular weight excluding hydrogens is 196 g/mol. The van der Waals surface area contributed by atoms with Gasteiger partial charge in [-0.2, -0.15) is 0 Å². The maximum atomic E-state index is 5.78. The third-order valence-electron chi connectivity index (χ3n) is 2.17. The zero-order chi connectivity index (χ0) is 11.8. The fourth-order valence-corrected chi connectivity index (χ4v) is 1.25. The maximum Gasteiger partial charge on any atom is 0.130 e. The Morgan fingerprint density at radius 1 is 1.12 bits per heavy atom. The molecule has 1 nitrogen and oxygen atoms in total. The van der Waals surface area contributed by atoms with Crippen LogP contribution in [0.25, 0.3) is 0 Å². The molecule has 0 saturated heterocycles. The molecule has 84 valence electrons. The van der Waals surface area contributed by atoms with Crippen LogP contribution in [-0.2, 0) is 0 Å². The van der Waals surface area contributed by atoms with Gasteiger partial charge in [0.05, 0.1) is 0 Å². The summed E-state index contributed by atoms with van der Waals surface area (Å²) in [7, 11) is 0. The van der Waals surface area contributed by atoms with Crippen LogP contribution in [-0.4, -0.2) is 0 Å². The molecule has 1 heteroatoms. The molecule has 0 spiro atoms. The van der Waals surface area contributed by atoms with Gasteiger partial charge in [-0.1, -0.05) is 36.4 Å². The second-order valence-corrected chi connectivity index (χ2v) is 3.44. The van der Waals surface area contributed by atoms with Crippen molar-refractivity contribution in [3.63, 3.8) is 0 Å². The Bertz CT molecular complexity index is 411. The van der Waals surface area contributed by atoms with Gasteiger partial charge in [-0.3, -0.25) is 0 Å². The topological polar surface area (TPSA) is 9.23 Å². The number of para-hydroxylation sites is 1. The summed E-state index contributed by atoms with van der Waals surface area (Å²) in [5, 5.41) is 0. The minimum Gasteiger partial charge on any atom is -0.457 e. The number of hydrogen-bond donors (Lipinski definition) is 0. The third-order valence-corrected chi connectivity index (χ3v) is 2.17. The Labute approximate surface area is 97.8 Å². The monoisotopic (exact) mass is 214 g/mol. The average Bonchev–Trinajstić information content (AvgIpc) is 2.30. The van der Waals surface area contributed by atoms with Gasteiger partial charge in [0.1, 0.15) is 11.5 Å². The molecule has 1 aromatic carbocycles. The first-order valence-corrected chi connectivity index (χ1v) is 5.47. The SMILES string of the molecule is C\C=C/C=C\C(=C\C)Oc1ccccc1C. The number of rotatable bonds is 4. The van der Waals surface area contributed by atoms with Crippen molar-refractivity contribution in [1.29, 1.82) is 0 Å². The van der Waals surface area contributed by atoms with Crippen LogP contribution < -0.4 is 4.74 Å². The normalized spacial score (nSPS) is 12.6. The van der Waals surface area contributed by atoms with Crippen LogP contribution in [0.1, 0.15) is 19.4 Å². The zero-order valence-corrected chi connectivity index (χ0v) is 10.1. The predicted molar refractivity (Wildman–Crippen MR) is 69.5 cm³/mol. The molecular formula is C15H18O. The van der Waals surface area contributed by atoms with E-state index in [4.69, 9.17) is 4.74 Å². The first-order valence-electron chi connectivity index (χ1n) is 5.47. The summed E-state index contributed by atoms with van der Waals surface area (Å²) in [6.45, 7) is 5.99. The molecule has 0 unspecified atom stereocenters. The van der Waals surface area contributed by atoms with Crippen molar-refractivity contribution >= 4 is 0 Å². The van der Waals surface area contributed by atoms with Crippen LogP contribution in [0.15, 0.2) is 60.4 Å². The van der Waals surface area contributed by atoms with Gasteiger partial charge in [-0.05, 0) is 44.6 Å². The van der Waals surface area contributed by atoms with Crippen LogP contribution in [0.2, 0.25) is 0 Å². The van der Waals surface area contributed by atoms with Crippen LogP contribution in [0.5, 0.6) is 5.75 Å². The third kappa shape index (κ3) is 3.77. The zero-order valence-electron chi connectivity index (χ0n) is 10.1. The van der Waals surface area contributed by atoms with Crippen molar-refractivity contribution in [2.24, 2.45) is 0 Å². The van der Waals surface area contributed by atoms with Gasteiger partial charge in [0, 0.05) is 0 Å². The fraction of sp³-hybridized carbons (Fsp3) is 0.200. The van der Waals surface area contributed by atoms with E-state index in [1.807, 2.05) is 75.4 Å². The molecule has 0 fully saturated rings. The lowest BCUT2D eigenvalue weighted by atomic mass is 10.2. The van der Waals surface area contributed by atoms with E-state index in [9.17, 15) is 0 Å². The standard InChI is InChI=1S/C15H18O/c1-4-6-7-11-14(5-2)16-15-12-9-8-10-13(15)3/h4-12H,1-3H3/b6-4-,11-7-,14-5-. The van der Waals surface area contributed by atoms with Crippen molar-refractivity contribution in [3.8, 4) is 5.75 Å². The van der Waals surface area contributed by atoms with Crippen molar-refractivity contribution in [2.75, 3.05) is 0 Å². The first-order chi connectivity index (χ1) is 7.77. The summed E-state index contributed by atoms with van der Waals surface area (Å²) in [5.41, 5.74) is 1.14. The summed E-state index contributed by atoms with van der Waals surface area (Å²) in [4.78, 5) is 0. The molecule has 0 aliphatic rings. The van der Waals surface area contributed by atoms with Crippen LogP contribution >= 0.6 is 0 Å². The van der Waals surface area contributed by atoms with E-state index in [1.54, 1.807) is 0 Å². The number of ether oxygens (including phenoxy) is 1. The van der Waals surface area contributed by atoms with Gasteiger partial charge < -0.3 is 4.74 Å². The minimum atomic E-state index is 0.854. The van der Waals surface area contributed by atoms with Crippen molar-refractivity contribution in [1.82, 2.24) is 0 Å². The highest BCUT2D eigenvalue weighted by molar-refractivity contribution is 5.34. The van der Waals surface area contributed by atoms with Crippen molar-refractivity contribution in [2.45, 2.75) is 20.8 Å². The van der Waals surface area contributed by atoms with Gasteiger partial charge in [0.2, 0.25) is 0 Å². The van der Waals surface area contributed by atoms with E-state index in [2.05, 4.69) is 0 Å². The lowest BCUT2D eigenvalue weighted by Crippen LogP contribution is -1.93. The Morgan fingerprint density at radius 2 is 1.88 bits per heavy atom. The van der Waals surface area contributed by atoms with Gasteiger partial charge in [-0.25, -0.2) is 0 Å². The van der Waals surface area contributed by atoms with E-state index in [0.717, 1.165) is 17.1 Å². The smallest absolute Gasteiger partial charge is 0.130 e. The molecule has 1 aromatic rings. The minimum absolute atomic E-state index is 0.854. The van der Waals surface area contributed by atoms with E-state index < -0.39 is 0 Å². The second-order valence-electron chi connectivity index (χ2n) is 3.44. The summed E-state index contributed by atoms with van der Waals surface area (Å²) in [5.74, 6) is 1.76. The Kier molecular flexibility index (Phi) is 5.13. The Balaban J connectivity index is 2.75. The number of aryl methyl sites for hydroxylation is 1. The van der Waals surface area contributed by atoms with E-state index in [-0.39, 0.29) is 0 Å². The average molecular weight is 214 g/mol. The maximum absolute atomic E-state index is 5.78. The second kappa shape index (κ2) is 6.67. The van der Waals surface area contributed by atoms with Gasteiger partial charge in [-0.15, -0.1) is 0 Å². The summed E-state index contributed by atoms with van der Waals surface area (Å²) in [6.07, 6.45) is 9.83. The molecule has 0 aliphatic heterocycles. The molecule has 0 aliphatic carbocycles. The molecule has 0 atom stereocenters. The molecule has 0 aromatic heterocycles. The van der Waals surface area contributed by atoms with Crippen molar-refractivity contribution < 1.29 is 4.74 Å². The van der Waals surface area contributed by atoms with Crippen LogP contribution in [0.3, 0.4) is 0 Å². The molecule has 0 amide bonds. The lowest BCUT2D eigenvalue weighted by Gasteiger charge is -2.08. The Morgan fingerprint density at radius 3 is 2.50 bits per heavy atom. The summed E-state index contributed by atoms with van der Waals surface area (Å²) < 4.78 is 5.78. The van der Waals surface area contributed by atoms with Crippen molar-refractivity contribution in [3.05, 3.63) is 66.0 Å². The van der Waals surface area contributed by atoms with E-state index in [0.29, 0.717) is 0 Å². The molecule has 16 heavy (non-hydrogen) atoms. The van der Waals surface area contributed by atoms with Crippen LogP contribution in [0.4, 0.5) is 0 Å². The predicted octanol–water partition coefficient (Wildman–Crippen LogP) is 4.41.